The van der Waals surface area contributed by atoms with Crippen molar-refractivity contribution < 1.29 is 18.3 Å². The van der Waals surface area contributed by atoms with Crippen LogP contribution in [0.1, 0.15) is 37.0 Å². The zero-order chi connectivity index (χ0) is 15.8. The van der Waals surface area contributed by atoms with E-state index in [0.717, 1.165) is 12.8 Å². The summed E-state index contributed by atoms with van der Waals surface area (Å²) in [5.74, 6) is -0.848. The molecule has 1 aliphatic heterocycles. The van der Waals surface area contributed by atoms with Crippen LogP contribution >= 0.6 is 0 Å². The average Bonchev–Trinajstić information content (AvgIpc) is 2.41. The maximum atomic E-state index is 12.7. The quantitative estimate of drug-likeness (QED) is 0.828. The first kappa shape index (κ1) is 15.8. The average molecular weight is 312 g/mol. The molecular weight excluding hydrogens is 292 g/mol. The van der Waals surface area contributed by atoms with Crippen molar-refractivity contribution in [3.05, 3.63) is 23.8 Å². The Bertz CT molecular complexity index is 657. The van der Waals surface area contributed by atoms with E-state index in [4.69, 9.17) is 10.8 Å². The Morgan fingerprint density at radius 3 is 2.62 bits per heavy atom. The van der Waals surface area contributed by atoms with Crippen molar-refractivity contribution in [1.29, 1.82) is 0 Å². The number of benzene rings is 1. The summed E-state index contributed by atoms with van der Waals surface area (Å²) in [6.07, 6.45) is 1.82. The molecule has 1 aliphatic rings. The predicted octanol–water partition coefficient (Wildman–Crippen LogP) is 1.78. The van der Waals surface area contributed by atoms with Crippen LogP contribution in [-0.4, -0.2) is 36.4 Å². The number of anilines is 1. The molecule has 0 bridgehead atoms. The van der Waals surface area contributed by atoms with Gasteiger partial charge in [0.15, 0.2) is 0 Å². The van der Waals surface area contributed by atoms with Gasteiger partial charge in [-0.2, -0.15) is 4.31 Å². The molecule has 7 heteroatoms. The minimum absolute atomic E-state index is 0.0200. The molecule has 2 rings (SSSR count). The second-order valence-corrected chi connectivity index (χ2v) is 7.39. The number of nitrogens with zero attached hydrogens (tertiary/aromatic N) is 1. The third-order valence-corrected chi connectivity index (χ3v) is 6.22. The highest BCUT2D eigenvalue weighted by Gasteiger charge is 2.35. The number of carboxylic acids is 1. The number of rotatable bonds is 3. The second-order valence-electron chi connectivity index (χ2n) is 5.53. The fraction of sp³-hybridized carbons (Fsp3) is 0.500. The molecule has 0 radical (unpaired) electrons. The van der Waals surface area contributed by atoms with Crippen molar-refractivity contribution in [3.63, 3.8) is 0 Å². The van der Waals surface area contributed by atoms with Gasteiger partial charge in [-0.3, -0.25) is 0 Å². The highest BCUT2D eigenvalue weighted by Crippen LogP contribution is 2.31. The van der Waals surface area contributed by atoms with Crippen LogP contribution in [0.25, 0.3) is 0 Å². The van der Waals surface area contributed by atoms with Crippen LogP contribution in [0.4, 0.5) is 5.69 Å². The van der Waals surface area contributed by atoms with Gasteiger partial charge in [0.1, 0.15) is 4.90 Å². The highest BCUT2D eigenvalue weighted by atomic mass is 32.2. The van der Waals surface area contributed by atoms with Crippen molar-refractivity contribution in [2.45, 2.75) is 37.6 Å². The SMILES string of the molecule is CC1CCCN(S(=O)(=O)c2ccc(C(=O)O)cc2N)C1C. The lowest BCUT2D eigenvalue weighted by Gasteiger charge is -2.37. The number of nitrogen functional groups attached to an aromatic ring is 1. The van der Waals surface area contributed by atoms with Crippen LogP contribution in [0.3, 0.4) is 0 Å². The fourth-order valence-electron chi connectivity index (χ4n) is 2.68. The van der Waals surface area contributed by atoms with Crippen molar-refractivity contribution in [1.82, 2.24) is 4.31 Å². The Morgan fingerprint density at radius 2 is 2.05 bits per heavy atom. The van der Waals surface area contributed by atoms with Crippen LogP contribution in [-0.2, 0) is 10.0 Å². The fourth-order valence-corrected chi connectivity index (χ4v) is 4.54. The topological polar surface area (TPSA) is 101 Å². The van der Waals surface area contributed by atoms with Crippen LogP contribution in [0.15, 0.2) is 23.1 Å². The number of carboxylic acid groups (broad SMARTS) is 1. The van der Waals surface area contributed by atoms with E-state index in [1.54, 1.807) is 0 Å². The minimum Gasteiger partial charge on any atom is -0.478 e. The lowest BCUT2D eigenvalue weighted by Crippen LogP contribution is -2.46. The maximum absolute atomic E-state index is 12.7. The van der Waals surface area contributed by atoms with Gasteiger partial charge in [0, 0.05) is 12.6 Å². The zero-order valence-corrected chi connectivity index (χ0v) is 12.9. The molecule has 2 atom stereocenters. The number of aromatic carboxylic acids is 1. The molecule has 0 amide bonds. The molecule has 1 aromatic rings. The van der Waals surface area contributed by atoms with Gasteiger partial charge >= 0.3 is 5.97 Å². The van der Waals surface area contributed by atoms with Gasteiger partial charge in [-0.1, -0.05) is 6.92 Å². The predicted molar refractivity (Wildman–Crippen MR) is 79.6 cm³/mol. The number of carbonyl (C=O) groups is 1. The molecule has 1 saturated heterocycles. The number of hydrogen-bond donors (Lipinski definition) is 2. The largest absolute Gasteiger partial charge is 0.478 e. The number of hydrogen-bond acceptors (Lipinski definition) is 4. The third kappa shape index (κ3) is 2.89. The van der Waals surface area contributed by atoms with Crippen molar-refractivity contribution in [2.24, 2.45) is 5.92 Å². The minimum atomic E-state index is -3.70. The molecule has 6 nitrogen and oxygen atoms in total. The normalized spacial score (nSPS) is 23.9. The Morgan fingerprint density at radius 1 is 1.38 bits per heavy atom. The van der Waals surface area contributed by atoms with Gasteiger partial charge in [-0.05, 0) is 43.9 Å². The van der Waals surface area contributed by atoms with E-state index in [9.17, 15) is 13.2 Å². The smallest absolute Gasteiger partial charge is 0.335 e. The summed E-state index contributed by atoms with van der Waals surface area (Å²) in [7, 11) is -3.70. The molecule has 0 spiro atoms. The lowest BCUT2D eigenvalue weighted by atomic mass is 9.94. The molecule has 2 unspecified atom stereocenters. The maximum Gasteiger partial charge on any atom is 0.335 e. The Labute approximate surface area is 124 Å². The molecular formula is C14H20N2O4S. The highest BCUT2D eigenvalue weighted by molar-refractivity contribution is 7.89. The number of piperidine rings is 1. The Kier molecular flexibility index (Phi) is 4.25. The zero-order valence-electron chi connectivity index (χ0n) is 12.1. The summed E-state index contributed by atoms with van der Waals surface area (Å²) in [5, 5.41) is 8.91. The summed E-state index contributed by atoms with van der Waals surface area (Å²) < 4.78 is 27.0. The Hall–Kier alpha value is -1.60. The Balaban J connectivity index is 2.42. The summed E-state index contributed by atoms with van der Waals surface area (Å²) in [4.78, 5) is 10.9. The van der Waals surface area contributed by atoms with Gasteiger partial charge in [0.25, 0.3) is 0 Å². The lowest BCUT2D eigenvalue weighted by molar-refractivity contribution is 0.0697. The van der Waals surface area contributed by atoms with Gasteiger partial charge < -0.3 is 10.8 Å². The number of nitrogens with two attached hydrogens (primary N) is 1. The first-order valence-electron chi connectivity index (χ1n) is 6.90. The number of sulfonamides is 1. The summed E-state index contributed by atoms with van der Waals surface area (Å²) >= 11 is 0. The summed E-state index contributed by atoms with van der Waals surface area (Å²) in [6, 6.07) is 3.64. The van der Waals surface area contributed by atoms with E-state index in [0.29, 0.717) is 6.54 Å². The monoisotopic (exact) mass is 312 g/mol. The first-order chi connectivity index (χ1) is 9.75. The van der Waals surface area contributed by atoms with E-state index in [1.807, 2.05) is 13.8 Å². The van der Waals surface area contributed by atoms with Crippen LogP contribution in [0.2, 0.25) is 0 Å². The van der Waals surface area contributed by atoms with E-state index in [2.05, 4.69) is 0 Å². The molecule has 1 heterocycles. The molecule has 1 aromatic carbocycles. The van der Waals surface area contributed by atoms with Crippen molar-refractivity contribution in [3.8, 4) is 0 Å². The third-order valence-electron chi connectivity index (χ3n) is 4.16. The molecule has 0 aromatic heterocycles. The van der Waals surface area contributed by atoms with E-state index >= 15 is 0 Å². The van der Waals surface area contributed by atoms with Gasteiger partial charge in [-0.25, -0.2) is 13.2 Å². The molecule has 21 heavy (non-hydrogen) atoms. The van der Waals surface area contributed by atoms with Crippen molar-refractivity contribution in [2.75, 3.05) is 12.3 Å². The molecule has 0 aliphatic carbocycles. The van der Waals surface area contributed by atoms with Crippen molar-refractivity contribution >= 4 is 21.7 Å². The summed E-state index contributed by atoms with van der Waals surface area (Å²) in [6.45, 7) is 4.39. The van der Waals surface area contributed by atoms with Gasteiger partial charge in [-0.15, -0.1) is 0 Å². The summed E-state index contributed by atoms with van der Waals surface area (Å²) in [5.41, 5.74) is 5.71. The molecule has 1 fully saturated rings. The molecule has 0 saturated carbocycles. The first-order valence-corrected chi connectivity index (χ1v) is 8.34. The molecule has 3 N–H and O–H groups in total. The van der Waals surface area contributed by atoms with Crippen LogP contribution in [0.5, 0.6) is 0 Å². The van der Waals surface area contributed by atoms with Crippen LogP contribution in [0, 0.1) is 5.92 Å². The van der Waals surface area contributed by atoms with Gasteiger partial charge in [0.05, 0.1) is 11.3 Å². The van der Waals surface area contributed by atoms with E-state index < -0.39 is 16.0 Å². The van der Waals surface area contributed by atoms with Gasteiger partial charge in [0.2, 0.25) is 10.0 Å². The van der Waals surface area contributed by atoms with Crippen LogP contribution < -0.4 is 5.73 Å². The van der Waals surface area contributed by atoms with E-state index in [-0.39, 0.29) is 28.1 Å². The standard InChI is InChI=1S/C14H20N2O4S/c1-9-4-3-7-16(10(9)2)21(19,20)13-6-5-11(14(17)18)8-12(13)15/h5-6,8-10H,3-4,7,15H2,1-2H3,(H,17,18). The molecule has 116 valence electrons. The second kappa shape index (κ2) is 5.65. The van der Waals surface area contributed by atoms with E-state index in [1.165, 1.54) is 22.5 Å².